The summed E-state index contributed by atoms with van der Waals surface area (Å²) in [5.41, 5.74) is 1.09. The molecule has 5 rings (SSSR count). The lowest BCUT2D eigenvalue weighted by Crippen LogP contribution is -2.24. The van der Waals surface area contributed by atoms with Crippen LogP contribution in [0.2, 0.25) is 0 Å². The SMILES string of the molecule is O=C1C(Cl)=C(Cl)C(=O)c2ncccc21.O=C1C(N2CC2)=C(Cl)C(=O)c2ncccc21. The van der Waals surface area contributed by atoms with E-state index in [1.807, 2.05) is 0 Å². The van der Waals surface area contributed by atoms with Gasteiger partial charge >= 0.3 is 0 Å². The zero-order chi connectivity index (χ0) is 21.6. The van der Waals surface area contributed by atoms with Gasteiger partial charge in [0.2, 0.25) is 23.1 Å². The van der Waals surface area contributed by atoms with E-state index in [4.69, 9.17) is 34.8 Å². The molecule has 0 aromatic carbocycles. The van der Waals surface area contributed by atoms with Crippen LogP contribution in [0.4, 0.5) is 0 Å². The second-order valence-electron chi connectivity index (χ2n) is 6.39. The first-order chi connectivity index (χ1) is 14.3. The second-order valence-corrected chi connectivity index (χ2v) is 7.53. The number of halogens is 3. The van der Waals surface area contributed by atoms with Crippen molar-refractivity contribution in [2.24, 2.45) is 0 Å². The molecule has 3 heterocycles. The molecule has 2 aromatic heterocycles. The predicted octanol–water partition coefficient (Wildman–Crippen LogP) is 3.38. The molecule has 0 unspecified atom stereocenters. The van der Waals surface area contributed by atoms with Crippen molar-refractivity contribution in [1.82, 2.24) is 14.9 Å². The van der Waals surface area contributed by atoms with Crippen LogP contribution >= 0.6 is 34.8 Å². The molecule has 1 saturated heterocycles. The number of allylic oxidation sites excluding steroid dienone is 4. The molecule has 2 aliphatic carbocycles. The number of Topliss-reactive ketones (excluding diaryl/α,β-unsaturated/α-hetero) is 4. The number of carbonyl (C=O) groups excluding carboxylic acids is 4. The first-order valence-electron chi connectivity index (χ1n) is 8.61. The van der Waals surface area contributed by atoms with Crippen LogP contribution in [0.3, 0.4) is 0 Å². The van der Waals surface area contributed by atoms with Gasteiger partial charge in [-0.05, 0) is 24.3 Å². The monoisotopic (exact) mass is 461 g/mol. The molecular formula is C20H10Cl3N3O4. The minimum Gasteiger partial charge on any atom is -0.363 e. The molecular weight excluding hydrogens is 453 g/mol. The molecule has 0 spiro atoms. The Balaban J connectivity index is 0.000000147. The maximum absolute atomic E-state index is 12.1. The first-order valence-corrected chi connectivity index (χ1v) is 9.75. The maximum Gasteiger partial charge on any atom is 0.225 e. The van der Waals surface area contributed by atoms with E-state index in [9.17, 15) is 19.2 Å². The van der Waals surface area contributed by atoms with Gasteiger partial charge in [0.1, 0.15) is 32.2 Å². The highest BCUT2D eigenvalue weighted by molar-refractivity contribution is 6.59. The summed E-state index contributed by atoms with van der Waals surface area (Å²) in [7, 11) is 0. The summed E-state index contributed by atoms with van der Waals surface area (Å²) in [6.07, 6.45) is 2.91. The number of aromatic nitrogens is 2. The Kier molecular flexibility index (Phi) is 5.27. The highest BCUT2D eigenvalue weighted by Crippen LogP contribution is 2.32. The van der Waals surface area contributed by atoms with Crippen LogP contribution < -0.4 is 0 Å². The Bertz CT molecular complexity index is 1170. The van der Waals surface area contributed by atoms with Gasteiger partial charge in [0.15, 0.2) is 0 Å². The van der Waals surface area contributed by atoms with Crippen LogP contribution in [-0.2, 0) is 0 Å². The molecule has 1 aliphatic heterocycles. The molecule has 0 amide bonds. The lowest BCUT2D eigenvalue weighted by molar-refractivity contribution is 0.0963. The van der Waals surface area contributed by atoms with E-state index in [2.05, 4.69) is 9.97 Å². The summed E-state index contributed by atoms with van der Waals surface area (Å²) >= 11 is 17.1. The predicted molar refractivity (Wildman–Crippen MR) is 109 cm³/mol. The standard InChI is InChI=1S/C11H7ClN2O2.C9H3Cl2NO2/c12-7-9(14-4-5-14)10(15)6-2-1-3-13-8(6)11(7)16;10-5-6(11)9(14)7-4(8(5)13)2-1-3-12-7/h1-3H,4-5H2;1-3H. The zero-order valence-corrected chi connectivity index (χ0v) is 17.3. The van der Waals surface area contributed by atoms with Crippen molar-refractivity contribution in [2.45, 2.75) is 0 Å². The second kappa shape index (κ2) is 7.75. The Morgan fingerprint density at radius 2 is 1.13 bits per heavy atom. The van der Waals surface area contributed by atoms with Crippen molar-refractivity contribution in [3.63, 3.8) is 0 Å². The van der Waals surface area contributed by atoms with E-state index < -0.39 is 11.6 Å². The van der Waals surface area contributed by atoms with E-state index in [0.717, 1.165) is 13.1 Å². The maximum atomic E-state index is 12.1. The van der Waals surface area contributed by atoms with E-state index in [0.29, 0.717) is 11.3 Å². The third kappa shape index (κ3) is 3.35. The topological polar surface area (TPSA) is 97.1 Å². The minimum atomic E-state index is -0.508. The van der Waals surface area contributed by atoms with E-state index >= 15 is 0 Å². The van der Waals surface area contributed by atoms with Crippen LogP contribution in [0.15, 0.2) is 57.5 Å². The molecule has 0 atom stereocenters. The summed E-state index contributed by atoms with van der Waals surface area (Å²) in [5, 5.41) is -0.506. The van der Waals surface area contributed by atoms with Crippen LogP contribution in [0.1, 0.15) is 41.7 Å². The van der Waals surface area contributed by atoms with Gasteiger partial charge in [-0.2, -0.15) is 0 Å². The summed E-state index contributed by atoms with van der Waals surface area (Å²) < 4.78 is 0. The third-order valence-electron chi connectivity index (χ3n) is 4.51. The Morgan fingerprint density at radius 1 is 0.667 bits per heavy atom. The fraction of sp³-hybridized carbons (Fsp3) is 0.100. The first kappa shape index (κ1) is 20.4. The van der Waals surface area contributed by atoms with Crippen LogP contribution in [-0.4, -0.2) is 51.1 Å². The lowest BCUT2D eigenvalue weighted by Gasteiger charge is -2.17. The van der Waals surface area contributed by atoms with Crippen LogP contribution in [0.25, 0.3) is 0 Å². The number of nitrogens with zero attached hydrogens (tertiary/aromatic N) is 3. The van der Waals surface area contributed by atoms with Crippen molar-refractivity contribution in [3.05, 3.63) is 80.0 Å². The van der Waals surface area contributed by atoms with Gasteiger partial charge in [0, 0.05) is 25.5 Å². The molecule has 0 N–H and O–H groups in total. The molecule has 150 valence electrons. The summed E-state index contributed by atoms with van der Waals surface area (Å²) in [6.45, 7) is 1.56. The quantitative estimate of drug-likeness (QED) is 0.599. The number of pyridine rings is 2. The fourth-order valence-electron chi connectivity index (χ4n) is 2.96. The molecule has 30 heavy (non-hydrogen) atoms. The van der Waals surface area contributed by atoms with Gasteiger partial charge in [0.05, 0.1) is 11.1 Å². The average molecular weight is 463 g/mol. The zero-order valence-electron chi connectivity index (χ0n) is 15.0. The van der Waals surface area contributed by atoms with Crippen molar-refractivity contribution in [1.29, 1.82) is 0 Å². The Labute approximate surface area is 185 Å². The smallest absolute Gasteiger partial charge is 0.225 e. The summed E-state index contributed by atoms with van der Waals surface area (Å²) in [4.78, 5) is 56.4. The van der Waals surface area contributed by atoms with Gasteiger partial charge in [0.25, 0.3) is 0 Å². The van der Waals surface area contributed by atoms with E-state index in [1.165, 1.54) is 18.5 Å². The molecule has 0 saturated carbocycles. The average Bonchev–Trinajstić information content (AvgIpc) is 3.60. The fourth-order valence-corrected chi connectivity index (χ4v) is 3.61. The Morgan fingerprint density at radius 3 is 1.67 bits per heavy atom. The largest absolute Gasteiger partial charge is 0.363 e. The molecule has 10 heteroatoms. The van der Waals surface area contributed by atoms with Gasteiger partial charge in [-0.15, -0.1) is 0 Å². The van der Waals surface area contributed by atoms with Gasteiger partial charge in [-0.3, -0.25) is 29.1 Å². The highest BCUT2D eigenvalue weighted by atomic mass is 35.5. The van der Waals surface area contributed by atoms with Crippen molar-refractivity contribution in [3.8, 4) is 0 Å². The number of rotatable bonds is 1. The van der Waals surface area contributed by atoms with E-state index in [1.54, 1.807) is 23.1 Å². The van der Waals surface area contributed by atoms with Gasteiger partial charge in [-0.1, -0.05) is 34.8 Å². The van der Waals surface area contributed by atoms with Crippen LogP contribution in [0, 0.1) is 0 Å². The summed E-state index contributed by atoms with van der Waals surface area (Å²) in [5.74, 6) is -1.53. The number of carbonyl (C=O) groups is 4. The van der Waals surface area contributed by atoms with Crippen LogP contribution in [0.5, 0.6) is 0 Å². The number of ketones is 4. The van der Waals surface area contributed by atoms with Crippen molar-refractivity contribution in [2.75, 3.05) is 13.1 Å². The highest BCUT2D eigenvalue weighted by Gasteiger charge is 2.38. The number of hydrogen-bond acceptors (Lipinski definition) is 7. The van der Waals surface area contributed by atoms with Gasteiger partial charge in [-0.25, -0.2) is 0 Å². The van der Waals surface area contributed by atoms with Gasteiger partial charge < -0.3 is 4.90 Å². The number of fused-ring (bicyclic) bond motifs is 2. The molecule has 7 nitrogen and oxygen atoms in total. The molecule has 0 bridgehead atoms. The Hall–Kier alpha value is -2.87. The lowest BCUT2D eigenvalue weighted by atomic mass is 9.97. The number of hydrogen-bond donors (Lipinski definition) is 0. The van der Waals surface area contributed by atoms with E-state index in [-0.39, 0.29) is 43.6 Å². The summed E-state index contributed by atoms with van der Waals surface area (Å²) in [6, 6.07) is 6.31. The molecule has 3 aliphatic rings. The normalized spacial score (nSPS) is 17.5. The third-order valence-corrected chi connectivity index (χ3v) is 5.68. The minimum absolute atomic E-state index is 0.00583. The molecule has 1 fully saturated rings. The van der Waals surface area contributed by atoms with Crippen molar-refractivity contribution < 1.29 is 19.2 Å². The molecule has 2 aromatic rings. The molecule has 0 radical (unpaired) electrons. The van der Waals surface area contributed by atoms with Crippen molar-refractivity contribution >= 4 is 57.9 Å².